The molecule has 0 saturated carbocycles. The second-order valence-corrected chi connectivity index (χ2v) is 5.29. The van der Waals surface area contributed by atoms with E-state index in [0.29, 0.717) is 30.8 Å². The molecule has 1 aliphatic rings. The third-order valence-corrected chi connectivity index (χ3v) is 3.66. The summed E-state index contributed by atoms with van der Waals surface area (Å²) in [4.78, 5) is 25.4. The van der Waals surface area contributed by atoms with Gasteiger partial charge in [-0.1, -0.05) is 0 Å². The van der Waals surface area contributed by atoms with Crippen LogP contribution in [0.2, 0.25) is 0 Å². The Balaban J connectivity index is 0.00000264. The molecule has 1 aliphatic heterocycles. The number of benzene rings is 1. The van der Waals surface area contributed by atoms with Crippen LogP contribution in [0, 0.1) is 0 Å². The summed E-state index contributed by atoms with van der Waals surface area (Å²) in [7, 11) is 3.43. The minimum absolute atomic E-state index is 0. The molecule has 1 fully saturated rings. The zero-order valence-corrected chi connectivity index (χ0v) is 14.4. The number of rotatable bonds is 7. The average molecular weight is 342 g/mol. The molecule has 0 atom stereocenters. The van der Waals surface area contributed by atoms with Crippen molar-refractivity contribution in [3.63, 3.8) is 0 Å². The Morgan fingerprint density at radius 1 is 1.39 bits per heavy atom. The molecule has 1 heterocycles. The van der Waals surface area contributed by atoms with Gasteiger partial charge >= 0.3 is 0 Å². The number of nitrogens with zero attached hydrogens (tertiary/aromatic N) is 1. The minimum atomic E-state index is -0.0256. The summed E-state index contributed by atoms with van der Waals surface area (Å²) in [6.45, 7) is 1.53. The van der Waals surface area contributed by atoms with E-state index in [1.165, 1.54) is 0 Å². The maximum absolute atomic E-state index is 11.8. The number of carbonyl (C=O) groups excluding carboxylic acids is 2. The van der Waals surface area contributed by atoms with Crippen LogP contribution in [0.25, 0.3) is 0 Å². The summed E-state index contributed by atoms with van der Waals surface area (Å²) in [5.41, 5.74) is 1.44. The lowest BCUT2D eigenvalue weighted by Crippen LogP contribution is -2.24. The molecule has 1 aromatic carbocycles. The summed E-state index contributed by atoms with van der Waals surface area (Å²) in [6.07, 6.45) is 2.70. The molecule has 0 unspecified atom stereocenters. The minimum Gasteiger partial charge on any atom is -0.494 e. The molecule has 0 spiro atoms. The van der Waals surface area contributed by atoms with Gasteiger partial charge in [0.05, 0.1) is 12.8 Å². The van der Waals surface area contributed by atoms with Crippen LogP contribution in [0.4, 0.5) is 11.4 Å². The van der Waals surface area contributed by atoms with Crippen molar-refractivity contribution in [3.8, 4) is 5.75 Å². The Kier molecular flexibility index (Phi) is 7.85. The Hall–Kier alpha value is -1.79. The van der Waals surface area contributed by atoms with Crippen LogP contribution >= 0.6 is 12.4 Å². The first-order valence-corrected chi connectivity index (χ1v) is 7.58. The first-order chi connectivity index (χ1) is 10.7. The highest BCUT2D eigenvalue weighted by atomic mass is 35.5. The average Bonchev–Trinajstić information content (AvgIpc) is 2.93. The summed E-state index contributed by atoms with van der Waals surface area (Å²) >= 11 is 0. The van der Waals surface area contributed by atoms with Gasteiger partial charge < -0.3 is 20.3 Å². The number of anilines is 2. The summed E-state index contributed by atoms with van der Waals surface area (Å²) in [5.74, 6) is 0.688. The fourth-order valence-corrected chi connectivity index (χ4v) is 2.53. The van der Waals surface area contributed by atoms with Crippen LogP contribution in [-0.4, -0.2) is 39.1 Å². The fourth-order valence-electron chi connectivity index (χ4n) is 2.53. The van der Waals surface area contributed by atoms with Crippen molar-refractivity contribution in [2.75, 3.05) is 37.5 Å². The molecule has 7 heteroatoms. The van der Waals surface area contributed by atoms with Crippen molar-refractivity contribution in [1.29, 1.82) is 0 Å². The van der Waals surface area contributed by atoms with Gasteiger partial charge in [0, 0.05) is 31.1 Å². The summed E-state index contributed by atoms with van der Waals surface area (Å²) in [5, 5.41) is 5.86. The molecule has 23 heavy (non-hydrogen) atoms. The monoisotopic (exact) mass is 341 g/mol. The second kappa shape index (κ2) is 9.37. The number of amides is 2. The Morgan fingerprint density at radius 3 is 2.78 bits per heavy atom. The third-order valence-electron chi connectivity index (χ3n) is 3.66. The second-order valence-electron chi connectivity index (χ2n) is 5.29. The molecule has 128 valence electrons. The maximum Gasteiger partial charge on any atom is 0.227 e. The lowest BCUT2D eigenvalue weighted by atomic mass is 10.2. The van der Waals surface area contributed by atoms with Crippen LogP contribution in [0.1, 0.15) is 25.7 Å². The predicted octanol–water partition coefficient (Wildman–Crippen LogP) is 2.18. The molecule has 2 rings (SSSR count). The number of methoxy groups -OCH3 is 1. The van der Waals surface area contributed by atoms with E-state index in [9.17, 15) is 9.59 Å². The SMILES string of the molecule is CNCCCC(=O)Nc1ccc(N2CCCC2=O)c(OC)c1.Cl. The number of carbonyl (C=O) groups is 2. The van der Waals surface area contributed by atoms with Crippen LogP contribution in [0.15, 0.2) is 18.2 Å². The fraction of sp³-hybridized carbons (Fsp3) is 0.500. The van der Waals surface area contributed by atoms with Crippen molar-refractivity contribution in [1.82, 2.24) is 5.32 Å². The van der Waals surface area contributed by atoms with Crippen LogP contribution in [0.3, 0.4) is 0 Å². The molecular formula is C16H24ClN3O3. The van der Waals surface area contributed by atoms with Gasteiger partial charge in [-0.2, -0.15) is 0 Å². The largest absolute Gasteiger partial charge is 0.494 e. The van der Waals surface area contributed by atoms with Gasteiger partial charge in [-0.15, -0.1) is 12.4 Å². The molecule has 2 N–H and O–H groups in total. The normalized spacial score (nSPS) is 13.7. The standard InChI is InChI=1S/C16H23N3O3.ClH/c1-17-9-3-5-15(20)18-12-7-8-13(14(11-12)22-2)19-10-4-6-16(19)21;/h7-8,11,17H,3-6,9-10H2,1-2H3,(H,18,20);1H. The molecule has 0 aromatic heterocycles. The van der Waals surface area contributed by atoms with E-state index in [0.717, 1.165) is 25.1 Å². The highest BCUT2D eigenvalue weighted by molar-refractivity contribution is 5.97. The smallest absolute Gasteiger partial charge is 0.227 e. The van der Waals surface area contributed by atoms with E-state index in [4.69, 9.17) is 4.74 Å². The number of halogens is 1. The lowest BCUT2D eigenvalue weighted by molar-refractivity contribution is -0.117. The van der Waals surface area contributed by atoms with Crippen LogP contribution < -0.4 is 20.3 Å². The van der Waals surface area contributed by atoms with E-state index in [-0.39, 0.29) is 24.2 Å². The van der Waals surface area contributed by atoms with Crippen molar-refractivity contribution in [3.05, 3.63) is 18.2 Å². The first kappa shape index (κ1) is 19.3. The van der Waals surface area contributed by atoms with Crippen molar-refractivity contribution >= 4 is 35.6 Å². The Labute approximate surface area is 143 Å². The molecule has 0 bridgehead atoms. The van der Waals surface area contributed by atoms with Crippen LogP contribution in [-0.2, 0) is 9.59 Å². The molecule has 6 nitrogen and oxygen atoms in total. The summed E-state index contributed by atoms with van der Waals surface area (Å²) < 4.78 is 5.37. The topological polar surface area (TPSA) is 70.7 Å². The predicted molar refractivity (Wildman–Crippen MR) is 93.6 cm³/mol. The molecule has 0 radical (unpaired) electrons. The van der Waals surface area contributed by atoms with Gasteiger partial charge in [0.25, 0.3) is 0 Å². The van der Waals surface area contributed by atoms with Gasteiger partial charge in [-0.25, -0.2) is 0 Å². The van der Waals surface area contributed by atoms with Crippen molar-refractivity contribution in [2.24, 2.45) is 0 Å². The highest BCUT2D eigenvalue weighted by Gasteiger charge is 2.24. The van der Waals surface area contributed by atoms with Gasteiger partial charge in [0.2, 0.25) is 11.8 Å². The number of hydrogen-bond donors (Lipinski definition) is 2. The first-order valence-electron chi connectivity index (χ1n) is 7.58. The zero-order valence-electron chi connectivity index (χ0n) is 13.6. The third kappa shape index (κ3) is 5.11. The van der Waals surface area contributed by atoms with E-state index < -0.39 is 0 Å². The maximum atomic E-state index is 11.8. The van der Waals surface area contributed by atoms with E-state index in [2.05, 4.69) is 10.6 Å². The van der Waals surface area contributed by atoms with Gasteiger partial charge in [-0.05, 0) is 38.6 Å². The van der Waals surface area contributed by atoms with Gasteiger partial charge in [0.15, 0.2) is 0 Å². The molecule has 2 amide bonds. The molecule has 1 saturated heterocycles. The molecule has 0 aliphatic carbocycles. The van der Waals surface area contributed by atoms with E-state index in [1.807, 2.05) is 13.1 Å². The summed E-state index contributed by atoms with van der Waals surface area (Å²) in [6, 6.07) is 5.39. The Bertz CT molecular complexity index is 551. The van der Waals surface area contributed by atoms with E-state index in [1.54, 1.807) is 24.1 Å². The van der Waals surface area contributed by atoms with Gasteiger partial charge in [0.1, 0.15) is 5.75 Å². The van der Waals surface area contributed by atoms with E-state index >= 15 is 0 Å². The van der Waals surface area contributed by atoms with Crippen molar-refractivity contribution < 1.29 is 14.3 Å². The number of nitrogens with one attached hydrogen (secondary N) is 2. The zero-order chi connectivity index (χ0) is 15.9. The number of hydrogen-bond acceptors (Lipinski definition) is 4. The molecular weight excluding hydrogens is 318 g/mol. The lowest BCUT2D eigenvalue weighted by Gasteiger charge is -2.19. The highest BCUT2D eigenvalue weighted by Crippen LogP contribution is 2.33. The number of ether oxygens (including phenoxy) is 1. The van der Waals surface area contributed by atoms with Gasteiger partial charge in [-0.3, -0.25) is 9.59 Å². The quantitative estimate of drug-likeness (QED) is 0.746. The van der Waals surface area contributed by atoms with Crippen LogP contribution in [0.5, 0.6) is 5.75 Å². The molecule has 1 aromatic rings. The van der Waals surface area contributed by atoms with Crippen molar-refractivity contribution in [2.45, 2.75) is 25.7 Å². The Morgan fingerprint density at radius 2 is 2.17 bits per heavy atom.